The van der Waals surface area contributed by atoms with Gasteiger partial charge in [0.25, 0.3) is 0 Å². The summed E-state index contributed by atoms with van der Waals surface area (Å²) in [6, 6.07) is 7.79. The number of ketones is 1. The fourth-order valence-corrected chi connectivity index (χ4v) is 2.80. The highest BCUT2D eigenvalue weighted by molar-refractivity contribution is 6.14. The van der Waals surface area contributed by atoms with Crippen molar-refractivity contribution in [3.05, 3.63) is 83.7 Å². The van der Waals surface area contributed by atoms with Gasteiger partial charge >= 0.3 is 5.97 Å². The Morgan fingerprint density at radius 3 is 2.07 bits per heavy atom. The minimum absolute atomic E-state index is 0.00453. The number of carbonyl (C=O) groups excluding carboxylic acids is 1. The SMILES string of the molecule is O=C(O)c1cccc(C(=O)c2cc(F)ccc2-n2nccn2)c1-n1nccn1. The molecule has 0 bridgehead atoms. The summed E-state index contributed by atoms with van der Waals surface area (Å²) in [5.41, 5.74) is 0.0182. The van der Waals surface area contributed by atoms with E-state index in [2.05, 4.69) is 20.4 Å². The number of aromatic carboxylic acids is 1. The molecule has 0 radical (unpaired) electrons. The van der Waals surface area contributed by atoms with Gasteiger partial charge in [0.05, 0.1) is 47.2 Å². The number of benzene rings is 2. The number of para-hydroxylation sites is 1. The second-order valence-corrected chi connectivity index (χ2v) is 5.63. The third-order valence-corrected chi connectivity index (χ3v) is 3.97. The molecule has 0 aliphatic rings. The van der Waals surface area contributed by atoms with E-state index in [0.29, 0.717) is 0 Å². The van der Waals surface area contributed by atoms with Gasteiger partial charge in [0.2, 0.25) is 0 Å². The first-order valence-electron chi connectivity index (χ1n) is 8.00. The lowest BCUT2D eigenvalue weighted by Gasteiger charge is -2.13. The van der Waals surface area contributed by atoms with Gasteiger partial charge in [0.15, 0.2) is 5.78 Å². The van der Waals surface area contributed by atoms with Gasteiger partial charge in [0, 0.05) is 0 Å². The zero-order valence-electron chi connectivity index (χ0n) is 14.1. The van der Waals surface area contributed by atoms with Crippen LogP contribution >= 0.6 is 0 Å². The van der Waals surface area contributed by atoms with E-state index < -0.39 is 17.6 Å². The minimum atomic E-state index is -1.25. The van der Waals surface area contributed by atoms with Crippen molar-refractivity contribution in [3.8, 4) is 11.4 Å². The molecule has 0 aliphatic heterocycles. The number of carboxylic acids is 1. The Balaban J connectivity index is 1.95. The molecule has 0 aliphatic carbocycles. The molecule has 0 saturated carbocycles. The highest BCUT2D eigenvalue weighted by Crippen LogP contribution is 2.25. The predicted molar refractivity (Wildman–Crippen MR) is 93.1 cm³/mol. The Kier molecular flexibility index (Phi) is 4.20. The summed E-state index contributed by atoms with van der Waals surface area (Å²) in [6.07, 6.45) is 5.55. The Morgan fingerprint density at radius 1 is 0.821 bits per heavy atom. The van der Waals surface area contributed by atoms with Crippen molar-refractivity contribution in [2.24, 2.45) is 0 Å². The summed E-state index contributed by atoms with van der Waals surface area (Å²) in [4.78, 5) is 27.2. The summed E-state index contributed by atoms with van der Waals surface area (Å²) in [6.45, 7) is 0. The quantitative estimate of drug-likeness (QED) is 0.527. The Labute approximate surface area is 156 Å². The molecule has 0 atom stereocenters. The van der Waals surface area contributed by atoms with Crippen LogP contribution < -0.4 is 0 Å². The molecule has 0 unspecified atom stereocenters. The predicted octanol–water partition coefficient (Wildman–Crippen LogP) is 1.92. The first-order valence-corrected chi connectivity index (χ1v) is 8.00. The zero-order valence-corrected chi connectivity index (χ0v) is 14.1. The normalized spacial score (nSPS) is 10.8. The third kappa shape index (κ3) is 2.92. The Hall–Kier alpha value is -4.21. The highest BCUT2D eigenvalue weighted by atomic mass is 19.1. The molecular formula is C18H11FN6O3. The van der Waals surface area contributed by atoms with Crippen LogP contribution in [0.5, 0.6) is 0 Å². The van der Waals surface area contributed by atoms with E-state index in [4.69, 9.17) is 0 Å². The Morgan fingerprint density at radius 2 is 1.43 bits per heavy atom. The van der Waals surface area contributed by atoms with Crippen LogP contribution in [0.4, 0.5) is 4.39 Å². The van der Waals surface area contributed by atoms with E-state index in [0.717, 1.165) is 10.9 Å². The van der Waals surface area contributed by atoms with Crippen molar-refractivity contribution >= 4 is 11.8 Å². The van der Waals surface area contributed by atoms with Crippen molar-refractivity contribution in [2.75, 3.05) is 0 Å². The van der Waals surface area contributed by atoms with Crippen LogP contribution in [0.2, 0.25) is 0 Å². The number of rotatable bonds is 5. The van der Waals surface area contributed by atoms with Crippen molar-refractivity contribution < 1.29 is 19.1 Å². The van der Waals surface area contributed by atoms with Crippen LogP contribution in [0.15, 0.2) is 61.2 Å². The maximum atomic E-state index is 13.9. The van der Waals surface area contributed by atoms with Gasteiger partial charge in [-0.05, 0) is 30.3 Å². The van der Waals surface area contributed by atoms with Crippen LogP contribution in [0.25, 0.3) is 11.4 Å². The summed E-state index contributed by atoms with van der Waals surface area (Å²) in [7, 11) is 0. The van der Waals surface area contributed by atoms with E-state index in [1.807, 2.05) is 0 Å². The minimum Gasteiger partial charge on any atom is -0.478 e. The second-order valence-electron chi connectivity index (χ2n) is 5.63. The van der Waals surface area contributed by atoms with Crippen molar-refractivity contribution in [3.63, 3.8) is 0 Å². The average molecular weight is 378 g/mol. The number of carboxylic acid groups (broad SMARTS) is 1. The topological polar surface area (TPSA) is 116 Å². The summed E-state index contributed by atoms with van der Waals surface area (Å²) < 4.78 is 13.9. The largest absolute Gasteiger partial charge is 0.478 e. The number of aromatic nitrogens is 6. The molecule has 9 nitrogen and oxygen atoms in total. The Bertz CT molecular complexity index is 1170. The first kappa shape index (κ1) is 17.2. The number of halogens is 1. The molecule has 1 N–H and O–H groups in total. The maximum absolute atomic E-state index is 13.9. The standard InChI is InChI=1S/C18H11FN6O3/c19-11-4-5-15(24-20-6-7-21-24)14(10-11)17(26)12-2-1-3-13(18(27)28)16(12)25-22-8-9-23-25/h1-10H,(H,27,28). The number of hydrogen-bond acceptors (Lipinski definition) is 6. The molecule has 2 aromatic heterocycles. The molecule has 2 aromatic carbocycles. The van der Waals surface area contributed by atoms with E-state index in [1.54, 1.807) is 0 Å². The molecule has 0 fully saturated rings. The summed E-state index contributed by atoms with van der Waals surface area (Å²) in [5.74, 6) is -2.51. The summed E-state index contributed by atoms with van der Waals surface area (Å²) in [5, 5.41) is 25.4. The van der Waals surface area contributed by atoms with Crippen molar-refractivity contribution in [2.45, 2.75) is 0 Å². The van der Waals surface area contributed by atoms with Gasteiger partial charge < -0.3 is 5.11 Å². The molecule has 4 rings (SSSR count). The second kappa shape index (κ2) is 6.83. The van der Waals surface area contributed by atoms with Crippen molar-refractivity contribution in [1.29, 1.82) is 0 Å². The van der Waals surface area contributed by atoms with Crippen LogP contribution in [0, 0.1) is 5.82 Å². The highest BCUT2D eigenvalue weighted by Gasteiger charge is 2.25. The molecule has 0 amide bonds. The lowest BCUT2D eigenvalue weighted by atomic mass is 9.97. The van der Waals surface area contributed by atoms with E-state index >= 15 is 0 Å². The fourth-order valence-electron chi connectivity index (χ4n) is 2.80. The van der Waals surface area contributed by atoms with Crippen LogP contribution in [-0.2, 0) is 0 Å². The van der Waals surface area contributed by atoms with Gasteiger partial charge in [0.1, 0.15) is 11.5 Å². The van der Waals surface area contributed by atoms with E-state index in [1.165, 1.54) is 59.9 Å². The first-order chi connectivity index (χ1) is 13.6. The number of hydrogen-bond donors (Lipinski definition) is 1. The van der Waals surface area contributed by atoms with E-state index in [-0.39, 0.29) is 28.1 Å². The van der Waals surface area contributed by atoms with Crippen LogP contribution in [0.1, 0.15) is 26.3 Å². The average Bonchev–Trinajstić information content (AvgIpc) is 3.40. The molecule has 138 valence electrons. The number of carbonyl (C=O) groups is 2. The maximum Gasteiger partial charge on any atom is 0.337 e. The summed E-state index contributed by atoms with van der Waals surface area (Å²) >= 11 is 0. The van der Waals surface area contributed by atoms with Gasteiger partial charge in [-0.25, -0.2) is 9.18 Å². The molecule has 28 heavy (non-hydrogen) atoms. The van der Waals surface area contributed by atoms with Crippen molar-refractivity contribution in [1.82, 2.24) is 30.0 Å². The molecule has 0 saturated heterocycles. The smallest absolute Gasteiger partial charge is 0.337 e. The molecule has 10 heteroatoms. The fraction of sp³-hybridized carbons (Fsp3) is 0. The van der Waals surface area contributed by atoms with Gasteiger partial charge in [-0.15, -0.1) is 4.80 Å². The molecule has 2 heterocycles. The molecule has 4 aromatic rings. The lowest BCUT2D eigenvalue weighted by Crippen LogP contribution is -2.16. The molecule has 0 spiro atoms. The zero-order chi connectivity index (χ0) is 19.7. The van der Waals surface area contributed by atoms with Gasteiger partial charge in [-0.3, -0.25) is 4.79 Å². The van der Waals surface area contributed by atoms with Gasteiger partial charge in [-0.2, -0.15) is 25.2 Å². The van der Waals surface area contributed by atoms with Gasteiger partial charge in [-0.1, -0.05) is 6.07 Å². The van der Waals surface area contributed by atoms with E-state index in [9.17, 15) is 19.1 Å². The lowest BCUT2D eigenvalue weighted by molar-refractivity contribution is 0.0696. The monoisotopic (exact) mass is 378 g/mol. The number of nitrogens with zero attached hydrogens (tertiary/aromatic N) is 6. The molecular weight excluding hydrogens is 367 g/mol. The van der Waals surface area contributed by atoms with Crippen LogP contribution in [0.3, 0.4) is 0 Å². The van der Waals surface area contributed by atoms with Crippen LogP contribution in [-0.4, -0.2) is 46.8 Å². The third-order valence-electron chi connectivity index (χ3n) is 3.97.